The van der Waals surface area contributed by atoms with E-state index in [1.165, 1.54) is 32.1 Å². The van der Waals surface area contributed by atoms with E-state index in [4.69, 9.17) is 5.73 Å². The van der Waals surface area contributed by atoms with Crippen molar-refractivity contribution in [3.8, 4) is 0 Å². The van der Waals surface area contributed by atoms with Gasteiger partial charge in [0.1, 0.15) is 0 Å². The Hall–Kier alpha value is -1.51. The highest BCUT2D eigenvalue weighted by Gasteiger charge is 2.04. The highest BCUT2D eigenvalue weighted by atomic mass is 16.1. The molecule has 0 radical (unpaired) electrons. The number of hydrogen-bond donors (Lipinski definition) is 2. The first-order chi connectivity index (χ1) is 9.13. The molecule has 106 valence electrons. The zero-order valence-corrected chi connectivity index (χ0v) is 12.1. The molecule has 0 saturated carbocycles. The van der Waals surface area contributed by atoms with Crippen molar-refractivity contribution in [2.24, 2.45) is 5.73 Å². The summed E-state index contributed by atoms with van der Waals surface area (Å²) in [4.78, 5) is 11.1. The number of unbranched alkanes of at least 4 members (excludes halogenated alkanes) is 4. The largest absolute Gasteiger partial charge is 0.383 e. The molecule has 1 atom stereocenters. The molecule has 0 fully saturated rings. The van der Waals surface area contributed by atoms with Gasteiger partial charge in [0.25, 0.3) is 0 Å². The fraction of sp³-hybridized carbons (Fsp3) is 0.562. The topological polar surface area (TPSA) is 55.1 Å². The highest BCUT2D eigenvalue weighted by Crippen LogP contribution is 2.14. The summed E-state index contributed by atoms with van der Waals surface area (Å²) in [7, 11) is 0. The Morgan fingerprint density at radius 2 is 2.00 bits per heavy atom. The smallest absolute Gasteiger partial charge is 0.248 e. The summed E-state index contributed by atoms with van der Waals surface area (Å²) in [5, 5.41) is 3.42. The molecular formula is C16H26N2O. The molecule has 1 amide bonds. The summed E-state index contributed by atoms with van der Waals surface area (Å²) >= 11 is 0. The molecule has 0 aliphatic heterocycles. The highest BCUT2D eigenvalue weighted by molar-refractivity contribution is 5.93. The molecule has 0 bridgehead atoms. The number of anilines is 1. The standard InChI is InChI=1S/C16H26N2O/c1-3-4-5-6-7-9-13(2)18-15-11-8-10-14(12-15)16(17)19/h8,10-13,18H,3-7,9H2,1-2H3,(H2,17,19). The number of hydrogen-bond acceptors (Lipinski definition) is 2. The van der Waals surface area contributed by atoms with Gasteiger partial charge in [0, 0.05) is 17.3 Å². The van der Waals surface area contributed by atoms with Crippen LogP contribution in [-0.4, -0.2) is 11.9 Å². The van der Waals surface area contributed by atoms with Gasteiger partial charge in [-0.05, 0) is 31.5 Å². The van der Waals surface area contributed by atoms with E-state index in [-0.39, 0.29) is 5.91 Å². The molecular weight excluding hydrogens is 236 g/mol. The minimum Gasteiger partial charge on any atom is -0.383 e. The van der Waals surface area contributed by atoms with Crippen molar-refractivity contribution in [2.75, 3.05) is 5.32 Å². The second-order valence-electron chi connectivity index (χ2n) is 5.19. The molecule has 1 rings (SSSR count). The predicted octanol–water partition coefficient (Wildman–Crippen LogP) is 3.95. The van der Waals surface area contributed by atoms with E-state index in [0.717, 1.165) is 12.1 Å². The first-order valence-corrected chi connectivity index (χ1v) is 7.30. The van der Waals surface area contributed by atoms with Crippen molar-refractivity contribution in [1.82, 2.24) is 0 Å². The molecule has 1 unspecified atom stereocenters. The van der Waals surface area contributed by atoms with Gasteiger partial charge in [-0.2, -0.15) is 0 Å². The Balaban J connectivity index is 2.33. The van der Waals surface area contributed by atoms with E-state index in [2.05, 4.69) is 19.2 Å². The fourth-order valence-corrected chi connectivity index (χ4v) is 2.17. The summed E-state index contributed by atoms with van der Waals surface area (Å²) in [5.74, 6) is -0.379. The van der Waals surface area contributed by atoms with Crippen molar-refractivity contribution < 1.29 is 4.79 Å². The Morgan fingerprint density at radius 1 is 1.26 bits per heavy atom. The fourth-order valence-electron chi connectivity index (χ4n) is 2.17. The van der Waals surface area contributed by atoms with Crippen LogP contribution >= 0.6 is 0 Å². The lowest BCUT2D eigenvalue weighted by Gasteiger charge is -2.15. The minimum atomic E-state index is -0.379. The van der Waals surface area contributed by atoms with Gasteiger partial charge in [-0.3, -0.25) is 4.79 Å². The summed E-state index contributed by atoms with van der Waals surface area (Å²) in [6.45, 7) is 4.41. The van der Waals surface area contributed by atoms with Crippen molar-refractivity contribution in [3.63, 3.8) is 0 Å². The van der Waals surface area contributed by atoms with Gasteiger partial charge < -0.3 is 11.1 Å². The zero-order valence-electron chi connectivity index (χ0n) is 12.1. The SMILES string of the molecule is CCCCCCCC(C)Nc1cccc(C(N)=O)c1. The van der Waals surface area contributed by atoms with Crippen LogP contribution < -0.4 is 11.1 Å². The second-order valence-corrected chi connectivity index (χ2v) is 5.19. The molecule has 1 aromatic rings. The number of benzene rings is 1. The lowest BCUT2D eigenvalue weighted by Crippen LogP contribution is -2.16. The van der Waals surface area contributed by atoms with Crippen LogP contribution in [0.25, 0.3) is 0 Å². The first-order valence-electron chi connectivity index (χ1n) is 7.30. The summed E-state index contributed by atoms with van der Waals surface area (Å²) in [6, 6.07) is 7.81. The van der Waals surface area contributed by atoms with Crippen LogP contribution in [0.5, 0.6) is 0 Å². The third-order valence-corrected chi connectivity index (χ3v) is 3.30. The summed E-state index contributed by atoms with van der Waals surface area (Å²) in [5.41, 5.74) is 6.80. The molecule has 0 aliphatic rings. The third kappa shape index (κ3) is 6.27. The number of amides is 1. The molecule has 19 heavy (non-hydrogen) atoms. The van der Waals surface area contributed by atoms with Crippen LogP contribution in [0.4, 0.5) is 5.69 Å². The maximum Gasteiger partial charge on any atom is 0.248 e. The van der Waals surface area contributed by atoms with Gasteiger partial charge in [-0.15, -0.1) is 0 Å². The van der Waals surface area contributed by atoms with E-state index in [0.29, 0.717) is 11.6 Å². The molecule has 3 heteroatoms. The molecule has 1 aromatic carbocycles. The van der Waals surface area contributed by atoms with E-state index >= 15 is 0 Å². The molecule has 0 saturated heterocycles. The number of rotatable bonds is 9. The Morgan fingerprint density at radius 3 is 2.68 bits per heavy atom. The second kappa shape index (κ2) is 8.57. The van der Waals surface area contributed by atoms with Gasteiger partial charge in [0.2, 0.25) is 5.91 Å². The average Bonchev–Trinajstić information content (AvgIpc) is 2.38. The number of carbonyl (C=O) groups excluding carboxylic acids is 1. The van der Waals surface area contributed by atoms with Gasteiger partial charge in [0.15, 0.2) is 0 Å². The lowest BCUT2D eigenvalue weighted by molar-refractivity contribution is 0.100. The Kier molecular flexibility index (Phi) is 7.01. The van der Waals surface area contributed by atoms with Gasteiger partial charge in [-0.1, -0.05) is 45.1 Å². The average molecular weight is 262 g/mol. The van der Waals surface area contributed by atoms with Gasteiger partial charge in [0.05, 0.1) is 0 Å². The molecule has 0 aliphatic carbocycles. The van der Waals surface area contributed by atoms with E-state index in [9.17, 15) is 4.79 Å². The number of nitrogens with two attached hydrogens (primary N) is 1. The van der Waals surface area contributed by atoms with Crippen molar-refractivity contribution in [2.45, 2.75) is 58.4 Å². The van der Waals surface area contributed by atoms with Crippen LogP contribution in [0, 0.1) is 0 Å². The molecule has 0 spiro atoms. The lowest BCUT2D eigenvalue weighted by atomic mass is 10.1. The maximum absolute atomic E-state index is 11.1. The Bertz CT molecular complexity index is 390. The van der Waals surface area contributed by atoms with Crippen LogP contribution in [0.1, 0.15) is 62.7 Å². The van der Waals surface area contributed by atoms with E-state index in [1.807, 2.05) is 18.2 Å². The monoisotopic (exact) mass is 262 g/mol. The first kappa shape index (κ1) is 15.5. The summed E-state index contributed by atoms with van der Waals surface area (Å²) in [6.07, 6.45) is 7.67. The normalized spacial score (nSPS) is 12.1. The van der Waals surface area contributed by atoms with E-state index in [1.54, 1.807) is 6.07 Å². The third-order valence-electron chi connectivity index (χ3n) is 3.30. The van der Waals surface area contributed by atoms with Crippen LogP contribution in [0.2, 0.25) is 0 Å². The summed E-state index contributed by atoms with van der Waals surface area (Å²) < 4.78 is 0. The van der Waals surface area contributed by atoms with Crippen molar-refractivity contribution in [1.29, 1.82) is 0 Å². The van der Waals surface area contributed by atoms with Gasteiger partial charge in [-0.25, -0.2) is 0 Å². The zero-order chi connectivity index (χ0) is 14.1. The quantitative estimate of drug-likeness (QED) is 0.662. The number of carbonyl (C=O) groups is 1. The molecule has 0 heterocycles. The maximum atomic E-state index is 11.1. The van der Waals surface area contributed by atoms with Crippen molar-refractivity contribution in [3.05, 3.63) is 29.8 Å². The van der Waals surface area contributed by atoms with Gasteiger partial charge >= 0.3 is 0 Å². The van der Waals surface area contributed by atoms with Crippen molar-refractivity contribution >= 4 is 11.6 Å². The van der Waals surface area contributed by atoms with E-state index < -0.39 is 0 Å². The Labute approximate surface area is 116 Å². The minimum absolute atomic E-state index is 0.379. The van der Waals surface area contributed by atoms with Crippen LogP contribution in [-0.2, 0) is 0 Å². The number of primary amides is 1. The van der Waals surface area contributed by atoms with Crippen LogP contribution in [0.15, 0.2) is 24.3 Å². The number of nitrogens with one attached hydrogen (secondary N) is 1. The molecule has 3 nitrogen and oxygen atoms in total. The predicted molar refractivity (Wildman–Crippen MR) is 81.4 cm³/mol. The van der Waals surface area contributed by atoms with Crippen LogP contribution in [0.3, 0.4) is 0 Å². The molecule has 3 N–H and O–H groups in total. The molecule has 0 aromatic heterocycles.